The van der Waals surface area contributed by atoms with Gasteiger partial charge in [-0.15, -0.1) is 0 Å². The maximum atomic E-state index is 13.3. The first-order valence-electron chi connectivity index (χ1n) is 9.87. The number of nitrogens with one attached hydrogen (secondary N) is 1. The van der Waals surface area contributed by atoms with Gasteiger partial charge in [-0.1, -0.05) is 11.6 Å². The van der Waals surface area contributed by atoms with Crippen LogP contribution in [0, 0.1) is 5.82 Å². The Kier molecular flexibility index (Phi) is 4.83. The monoisotopic (exact) mass is 427 g/mol. The van der Waals surface area contributed by atoms with Crippen LogP contribution in [0.5, 0.6) is 11.5 Å². The van der Waals surface area contributed by atoms with E-state index in [1.54, 1.807) is 28.9 Å². The van der Waals surface area contributed by atoms with Gasteiger partial charge in [0.25, 0.3) is 5.91 Å². The molecule has 2 aliphatic rings. The van der Waals surface area contributed by atoms with E-state index in [1.165, 1.54) is 12.1 Å². The highest BCUT2D eigenvalue weighted by molar-refractivity contribution is 6.34. The number of carbonyl (C=O) groups excluding carboxylic acids is 1. The Morgan fingerprint density at radius 3 is 2.53 bits per heavy atom. The third kappa shape index (κ3) is 3.39. The van der Waals surface area contributed by atoms with Gasteiger partial charge in [-0.05, 0) is 49.9 Å². The van der Waals surface area contributed by atoms with E-state index in [4.69, 9.17) is 21.1 Å². The van der Waals surface area contributed by atoms with Gasteiger partial charge >= 0.3 is 0 Å². The molecule has 0 saturated carbocycles. The number of halogens is 2. The highest BCUT2D eigenvalue weighted by atomic mass is 35.5. The number of carbonyl (C=O) groups is 1. The summed E-state index contributed by atoms with van der Waals surface area (Å²) < 4.78 is 26.2. The van der Waals surface area contributed by atoms with Crippen LogP contribution in [0.25, 0.3) is 5.69 Å². The minimum Gasteiger partial charge on any atom is -0.486 e. The quantitative estimate of drug-likeness (QED) is 0.665. The van der Waals surface area contributed by atoms with Gasteiger partial charge in [0, 0.05) is 23.4 Å². The van der Waals surface area contributed by atoms with Crippen LogP contribution in [-0.4, -0.2) is 28.9 Å². The zero-order chi connectivity index (χ0) is 20.7. The van der Waals surface area contributed by atoms with Gasteiger partial charge in [-0.3, -0.25) is 4.79 Å². The number of nitrogens with zero attached hydrogens (tertiary/aromatic N) is 2. The zero-order valence-electron chi connectivity index (χ0n) is 16.1. The predicted molar refractivity (Wildman–Crippen MR) is 111 cm³/mol. The van der Waals surface area contributed by atoms with Crippen molar-refractivity contribution in [2.24, 2.45) is 0 Å². The van der Waals surface area contributed by atoms with Crippen LogP contribution in [0.1, 0.15) is 34.6 Å². The fourth-order valence-corrected chi connectivity index (χ4v) is 4.12. The molecule has 0 bridgehead atoms. The van der Waals surface area contributed by atoms with E-state index in [1.807, 2.05) is 0 Å². The molecule has 1 N–H and O–H groups in total. The number of fused-ring (bicyclic) bond motifs is 2. The summed E-state index contributed by atoms with van der Waals surface area (Å²) in [4.78, 5) is 13.1. The molecular formula is C22H19ClFN3O3. The molecular weight excluding hydrogens is 409 g/mol. The Hall–Kier alpha value is -3.06. The average Bonchev–Trinajstić information content (AvgIpc) is 3.15. The summed E-state index contributed by atoms with van der Waals surface area (Å²) in [5.74, 6) is 0.445. The Bertz CT molecular complexity index is 1130. The minimum atomic E-state index is -0.340. The Morgan fingerprint density at radius 1 is 1.07 bits per heavy atom. The van der Waals surface area contributed by atoms with Crippen LogP contribution in [-0.2, 0) is 12.8 Å². The zero-order valence-corrected chi connectivity index (χ0v) is 16.8. The van der Waals surface area contributed by atoms with Crippen LogP contribution < -0.4 is 14.8 Å². The molecule has 0 radical (unpaired) electrons. The second-order valence-electron chi connectivity index (χ2n) is 7.30. The number of aromatic nitrogens is 2. The molecule has 8 heteroatoms. The van der Waals surface area contributed by atoms with Gasteiger partial charge < -0.3 is 14.8 Å². The second kappa shape index (κ2) is 7.65. The molecule has 30 heavy (non-hydrogen) atoms. The van der Waals surface area contributed by atoms with Gasteiger partial charge in [-0.2, -0.15) is 5.10 Å². The number of benzene rings is 2. The van der Waals surface area contributed by atoms with Crippen LogP contribution in [0.3, 0.4) is 0 Å². The van der Waals surface area contributed by atoms with Crippen molar-refractivity contribution >= 4 is 23.2 Å². The van der Waals surface area contributed by atoms with E-state index in [9.17, 15) is 9.18 Å². The highest BCUT2D eigenvalue weighted by Gasteiger charge is 2.26. The van der Waals surface area contributed by atoms with E-state index in [0.717, 1.165) is 42.6 Å². The van der Waals surface area contributed by atoms with Gasteiger partial charge in [0.1, 0.15) is 19.0 Å². The average molecular weight is 428 g/mol. The normalized spacial score (nSPS) is 14.9. The third-order valence-electron chi connectivity index (χ3n) is 5.35. The summed E-state index contributed by atoms with van der Waals surface area (Å²) in [6.07, 6.45) is 3.61. The number of amides is 1. The molecule has 2 aromatic carbocycles. The fraction of sp³-hybridized carbons (Fsp3) is 0.273. The molecule has 5 rings (SSSR count). The fourth-order valence-electron chi connectivity index (χ4n) is 3.92. The SMILES string of the molecule is O=C(Nc1cc2c(cc1Cl)OCCO2)c1nn(-c2ccc(F)cc2)c2c1CCCC2. The largest absolute Gasteiger partial charge is 0.486 e. The summed E-state index contributed by atoms with van der Waals surface area (Å²) in [5, 5.41) is 7.81. The first-order valence-corrected chi connectivity index (χ1v) is 10.2. The number of ether oxygens (including phenoxy) is 2. The summed E-state index contributed by atoms with van der Waals surface area (Å²) in [6, 6.07) is 9.41. The van der Waals surface area contributed by atoms with E-state index in [2.05, 4.69) is 10.4 Å². The van der Waals surface area contributed by atoms with Crippen molar-refractivity contribution in [1.82, 2.24) is 9.78 Å². The van der Waals surface area contributed by atoms with Crippen LogP contribution in [0.15, 0.2) is 36.4 Å². The number of rotatable bonds is 3. The topological polar surface area (TPSA) is 65.4 Å². The summed E-state index contributed by atoms with van der Waals surface area (Å²) in [7, 11) is 0. The summed E-state index contributed by atoms with van der Waals surface area (Å²) in [5.41, 5.74) is 3.45. The Labute approximate surface area is 177 Å². The van der Waals surface area contributed by atoms with E-state index >= 15 is 0 Å². The third-order valence-corrected chi connectivity index (χ3v) is 5.66. The lowest BCUT2D eigenvalue weighted by Crippen LogP contribution is -2.18. The van der Waals surface area contributed by atoms with Crippen molar-refractivity contribution in [3.05, 3.63) is 64.2 Å². The standard InChI is InChI=1S/C22H19ClFN3O3/c23-16-11-19-20(30-10-9-29-19)12-17(16)25-22(28)21-15-3-1-2-4-18(15)27(26-21)14-7-5-13(24)6-8-14/h5-8,11-12H,1-4,9-10H2,(H,25,28). The maximum absolute atomic E-state index is 13.3. The molecule has 0 saturated heterocycles. The Balaban J connectivity index is 1.50. The van der Waals surface area contributed by atoms with Crippen molar-refractivity contribution in [3.8, 4) is 17.2 Å². The van der Waals surface area contributed by atoms with E-state index < -0.39 is 0 Å². The van der Waals surface area contributed by atoms with Crippen molar-refractivity contribution in [3.63, 3.8) is 0 Å². The molecule has 0 unspecified atom stereocenters. The molecule has 154 valence electrons. The smallest absolute Gasteiger partial charge is 0.276 e. The van der Waals surface area contributed by atoms with Crippen LogP contribution in [0.4, 0.5) is 10.1 Å². The first-order chi connectivity index (χ1) is 14.6. The predicted octanol–water partition coefficient (Wildman–Crippen LogP) is 4.57. The summed E-state index contributed by atoms with van der Waals surface area (Å²) >= 11 is 6.34. The first kappa shape index (κ1) is 18.9. The van der Waals surface area contributed by atoms with Crippen molar-refractivity contribution in [2.75, 3.05) is 18.5 Å². The van der Waals surface area contributed by atoms with Crippen molar-refractivity contribution < 1.29 is 18.7 Å². The van der Waals surface area contributed by atoms with Gasteiger partial charge in [0.2, 0.25) is 0 Å². The molecule has 0 spiro atoms. The minimum absolute atomic E-state index is 0.314. The number of hydrogen-bond donors (Lipinski definition) is 1. The second-order valence-corrected chi connectivity index (χ2v) is 7.71. The lowest BCUT2D eigenvalue weighted by atomic mass is 9.95. The van der Waals surface area contributed by atoms with E-state index in [-0.39, 0.29) is 11.7 Å². The lowest BCUT2D eigenvalue weighted by Gasteiger charge is -2.20. The van der Waals surface area contributed by atoms with Crippen LogP contribution in [0.2, 0.25) is 5.02 Å². The van der Waals surface area contributed by atoms with E-state index in [0.29, 0.717) is 41.1 Å². The van der Waals surface area contributed by atoms with Gasteiger partial charge in [0.15, 0.2) is 17.2 Å². The molecule has 1 amide bonds. The summed E-state index contributed by atoms with van der Waals surface area (Å²) in [6.45, 7) is 0.902. The molecule has 1 aliphatic heterocycles. The maximum Gasteiger partial charge on any atom is 0.276 e. The molecule has 1 aromatic heterocycles. The van der Waals surface area contributed by atoms with Gasteiger partial charge in [0.05, 0.1) is 16.4 Å². The molecule has 3 aromatic rings. The van der Waals surface area contributed by atoms with Crippen molar-refractivity contribution in [1.29, 1.82) is 0 Å². The number of anilines is 1. The lowest BCUT2D eigenvalue weighted by molar-refractivity contribution is 0.102. The Morgan fingerprint density at radius 2 is 1.77 bits per heavy atom. The van der Waals surface area contributed by atoms with Crippen LogP contribution >= 0.6 is 11.6 Å². The molecule has 0 atom stereocenters. The highest BCUT2D eigenvalue weighted by Crippen LogP contribution is 2.38. The molecule has 2 heterocycles. The molecule has 0 fully saturated rings. The van der Waals surface area contributed by atoms with Crippen molar-refractivity contribution in [2.45, 2.75) is 25.7 Å². The molecule has 6 nitrogen and oxygen atoms in total. The van der Waals surface area contributed by atoms with Gasteiger partial charge in [-0.25, -0.2) is 9.07 Å². The molecule has 1 aliphatic carbocycles. The number of hydrogen-bond acceptors (Lipinski definition) is 4.